The second-order valence-electron chi connectivity index (χ2n) is 13.2. The van der Waals surface area contributed by atoms with Gasteiger partial charge in [-0.1, -0.05) is 82.6 Å². The maximum absolute atomic E-state index is 5.78. The molecule has 3 fully saturated rings. The van der Waals surface area contributed by atoms with Crippen molar-refractivity contribution in [2.75, 3.05) is 0 Å². The van der Waals surface area contributed by atoms with Crippen LogP contribution in [-0.2, 0) is 9.47 Å². The highest BCUT2D eigenvalue weighted by atomic mass is 16.5. The molecule has 204 valence electrons. The Morgan fingerprint density at radius 2 is 0.706 bits per heavy atom. The van der Waals surface area contributed by atoms with Gasteiger partial charge in [0.15, 0.2) is 0 Å². The first-order chi connectivity index (χ1) is 15.6. The smallest absolute Gasteiger partial charge is 0.0578 e. The lowest BCUT2D eigenvalue weighted by Crippen LogP contribution is -2.41. The summed E-state index contributed by atoms with van der Waals surface area (Å²) in [7, 11) is 0. The Kier molecular flexibility index (Phi) is 13.2. The summed E-state index contributed by atoms with van der Waals surface area (Å²) >= 11 is 0. The van der Waals surface area contributed by atoms with Gasteiger partial charge >= 0.3 is 0 Å². The summed E-state index contributed by atoms with van der Waals surface area (Å²) in [6.07, 6.45) is 4.60. The van der Waals surface area contributed by atoms with Crippen molar-refractivity contribution >= 4 is 0 Å². The SMILES string of the molecule is CC1O[C@H](C)[C@@H](C)C(C)[C@H]1C.CC1O[C@H](C)[C@@H](C)C(C)[C@H]1C.CCC1CC(C)[C@H](C)[C@@H](C)[C@@H]1C. The lowest BCUT2D eigenvalue weighted by atomic mass is 9.63. The van der Waals surface area contributed by atoms with Gasteiger partial charge in [-0.05, 0) is 99.2 Å². The van der Waals surface area contributed by atoms with Crippen LogP contribution in [0, 0.1) is 65.1 Å². The zero-order valence-electron chi connectivity index (χ0n) is 25.9. The Balaban J connectivity index is 0.000000255. The lowest BCUT2D eigenvalue weighted by molar-refractivity contribution is -0.116. The molecule has 0 bridgehead atoms. The average molecular weight is 481 g/mol. The Bertz CT molecular complexity index is 496. The first kappa shape index (κ1) is 31.9. The van der Waals surface area contributed by atoms with Gasteiger partial charge in [-0.3, -0.25) is 0 Å². The second kappa shape index (κ2) is 14.0. The van der Waals surface area contributed by atoms with Gasteiger partial charge in [0.1, 0.15) is 0 Å². The van der Waals surface area contributed by atoms with Crippen LogP contribution in [0.25, 0.3) is 0 Å². The van der Waals surface area contributed by atoms with Crippen LogP contribution in [0.15, 0.2) is 0 Å². The summed E-state index contributed by atoms with van der Waals surface area (Å²) < 4.78 is 11.6. The predicted octanol–water partition coefficient (Wildman–Crippen LogP) is 9.36. The molecule has 0 spiro atoms. The van der Waals surface area contributed by atoms with Gasteiger partial charge < -0.3 is 9.47 Å². The van der Waals surface area contributed by atoms with Gasteiger partial charge in [0.2, 0.25) is 0 Å². The standard InChI is InChI=1S/C12H24.2C10H20O/c1-6-12-7-8(2)9(3)10(4)11(12)5;2*1-6-7(2)9(4)11-10(5)8(6)3/h8-12H,6-7H2,1-5H3;2*6-10H,1-5H3/t8?,9-,10+,11-,12?;2*6?,7-,8+,9+,10?/m000/s1. The van der Waals surface area contributed by atoms with Crippen molar-refractivity contribution in [1.82, 2.24) is 0 Å². The van der Waals surface area contributed by atoms with Crippen LogP contribution < -0.4 is 0 Å². The van der Waals surface area contributed by atoms with Crippen LogP contribution in [-0.4, -0.2) is 24.4 Å². The Hall–Kier alpha value is -0.0800. The van der Waals surface area contributed by atoms with Crippen LogP contribution in [0.1, 0.15) is 117 Å². The third-order valence-electron chi connectivity index (χ3n) is 11.6. The molecule has 0 aromatic heterocycles. The van der Waals surface area contributed by atoms with Crippen LogP contribution in [0.4, 0.5) is 0 Å². The van der Waals surface area contributed by atoms with Crippen molar-refractivity contribution in [3.8, 4) is 0 Å². The van der Waals surface area contributed by atoms with E-state index in [0.717, 1.165) is 41.4 Å². The molecule has 1 saturated carbocycles. The summed E-state index contributed by atoms with van der Waals surface area (Å²) in [6, 6.07) is 0. The van der Waals surface area contributed by atoms with Crippen LogP contribution >= 0.6 is 0 Å². The fraction of sp³-hybridized carbons (Fsp3) is 1.00. The minimum atomic E-state index is 0.441. The van der Waals surface area contributed by atoms with Gasteiger partial charge in [0, 0.05) is 0 Å². The molecule has 0 N–H and O–H groups in total. The molecule has 0 amide bonds. The largest absolute Gasteiger partial charge is 0.375 e. The Morgan fingerprint density at radius 3 is 1.00 bits per heavy atom. The van der Waals surface area contributed by atoms with Crippen molar-refractivity contribution < 1.29 is 9.47 Å². The van der Waals surface area contributed by atoms with Crippen molar-refractivity contribution in [2.45, 2.75) is 141 Å². The Morgan fingerprint density at radius 1 is 0.412 bits per heavy atom. The molecular formula is C32H64O2. The third kappa shape index (κ3) is 7.96. The van der Waals surface area contributed by atoms with Gasteiger partial charge in [-0.25, -0.2) is 0 Å². The van der Waals surface area contributed by atoms with E-state index in [-0.39, 0.29) is 0 Å². The van der Waals surface area contributed by atoms with Gasteiger partial charge in [-0.2, -0.15) is 0 Å². The maximum atomic E-state index is 5.78. The van der Waals surface area contributed by atoms with Gasteiger partial charge in [0.25, 0.3) is 0 Å². The van der Waals surface area contributed by atoms with Crippen molar-refractivity contribution in [2.24, 2.45) is 65.1 Å². The minimum absolute atomic E-state index is 0.441. The summed E-state index contributed by atoms with van der Waals surface area (Å²) in [5, 5.41) is 0. The fourth-order valence-electron chi connectivity index (χ4n) is 6.71. The number of hydrogen-bond donors (Lipinski definition) is 0. The molecular weight excluding hydrogens is 416 g/mol. The lowest BCUT2D eigenvalue weighted by Gasteiger charge is -2.42. The van der Waals surface area contributed by atoms with Gasteiger partial charge in [0.05, 0.1) is 24.4 Å². The molecule has 1 aliphatic carbocycles. The van der Waals surface area contributed by atoms with E-state index in [2.05, 4.69) is 104 Å². The van der Waals surface area contributed by atoms with Gasteiger partial charge in [-0.15, -0.1) is 0 Å². The van der Waals surface area contributed by atoms with E-state index in [1.807, 2.05) is 0 Å². The Labute approximate surface area is 215 Å². The van der Waals surface area contributed by atoms with E-state index < -0.39 is 0 Å². The highest BCUT2D eigenvalue weighted by Crippen LogP contribution is 2.42. The zero-order chi connectivity index (χ0) is 26.5. The predicted molar refractivity (Wildman–Crippen MR) is 150 cm³/mol. The third-order valence-corrected chi connectivity index (χ3v) is 11.6. The van der Waals surface area contributed by atoms with E-state index in [4.69, 9.17) is 9.47 Å². The van der Waals surface area contributed by atoms with E-state index in [1.54, 1.807) is 0 Å². The van der Waals surface area contributed by atoms with Crippen LogP contribution in [0.2, 0.25) is 0 Å². The zero-order valence-corrected chi connectivity index (χ0v) is 25.9. The number of rotatable bonds is 1. The number of ether oxygens (including phenoxy) is 2. The first-order valence-corrected chi connectivity index (χ1v) is 15.0. The summed E-state index contributed by atoms with van der Waals surface area (Å²) in [4.78, 5) is 0. The summed E-state index contributed by atoms with van der Waals surface area (Å²) in [6.45, 7) is 34.7. The van der Waals surface area contributed by atoms with Crippen molar-refractivity contribution in [1.29, 1.82) is 0 Å². The van der Waals surface area contributed by atoms with E-state index >= 15 is 0 Å². The molecule has 2 heteroatoms. The van der Waals surface area contributed by atoms with Crippen molar-refractivity contribution in [3.05, 3.63) is 0 Å². The van der Waals surface area contributed by atoms with Crippen LogP contribution in [0.3, 0.4) is 0 Å². The molecule has 3 rings (SSSR count). The molecule has 0 aromatic rings. The molecule has 2 saturated heterocycles. The molecule has 6 unspecified atom stereocenters. The topological polar surface area (TPSA) is 18.5 Å². The molecule has 3 aliphatic rings. The molecule has 0 aromatic carbocycles. The molecule has 15 atom stereocenters. The quantitative estimate of drug-likeness (QED) is 0.372. The highest BCUT2D eigenvalue weighted by molar-refractivity contribution is 4.84. The molecule has 2 aliphatic heterocycles. The molecule has 0 radical (unpaired) electrons. The monoisotopic (exact) mass is 480 g/mol. The van der Waals surface area contributed by atoms with E-state index in [0.29, 0.717) is 48.1 Å². The number of hydrogen-bond acceptors (Lipinski definition) is 2. The fourth-order valence-corrected chi connectivity index (χ4v) is 6.71. The second-order valence-corrected chi connectivity index (χ2v) is 13.2. The van der Waals surface area contributed by atoms with Crippen LogP contribution in [0.5, 0.6) is 0 Å². The summed E-state index contributed by atoms with van der Waals surface area (Å²) in [5.41, 5.74) is 0. The van der Waals surface area contributed by atoms with E-state index in [1.165, 1.54) is 12.8 Å². The molecule has 34 heavy (non-hydrogen) atoms. The molecule has 2 heterocycles. The highest BCUT2D eigenvalue weighted by Gasteiger charge is 2.36. The first-order valence-electron chi connectivity index (χ1n) is 15.0. The molecule has 2 nitrogen and oxygen atoms in total. The summed E-state index contributed by atoms with van der Waals surface area (Å²) in [5.74, 6) is 9.18. The van der Waals surface area contributed by atoms with Crippen molar-refractivity contribution in [3.63, 3.8) is 0 Å². The average Bonchev–Trinajstić information content (AvgIpc) is 2.80. The normalized spacial score (nSPS) is 51.4. The van der Waals surface area contributed by atoms with E-state index in [9.17, 15) is 0 Å². The minimum Gasteiger partial charge on any atom is -0.375 e. The maximum Gasteiger partial charge on any atom is 0.0578 e.